The zero-order valence-electron chi connectivity index (χ0n) is 10.5. The van der Waals surface area contributed by atoms with Crippen LogP contribution in [0, 0.1) is 5.41 Å². The summed E-state index contributed by atoms with van der Waals surface area (Å²) in [6.45, 7) is 4.99. The minimum atomic E-state index is 0.494. The Hall–Kier alpha value is -1.32. The molecule has 0 radical (unpaired) electrons. The highest BCUT2D eigenvalue weighted by molar-refractivity contribution is 6.34. The highest BCUT2D eigenvalue weighted by Gasteiger charge is 2.19. The summed E-state index contributed by atoms with van der Waals surface area (Å²) in [5, 5.41) is 8.77. The van der Waals surface area contributed by atoms with Crippen LogP contribution in [0.2, 0.25) is 5.02 Å². The first kappa shape index (κ1) is 13.1. The average molecular weight is 264 g/mol. The van der Waals surface area contributed by atoms with Crippen molar-refractivity contribution in [2.45, 2.75) is 13.3 Å². The number of nitrogen functional groups attached to an aromatic ring is 1. The SMILES string of the molecule is CCCN1CC=C(C(=N)c2cccc(Cl)c2N)C1. The van der Waals surface area contributed by atoms with E-state index in [1.54, 1.807) is 6.07 Å². The molecule has 0 spiro atoms. The van der Waals surface area contributed by atoms with Crippen LogP contribution in [0.1, 0.15) is 18.9 Å². The monoisotopic (exact) mass is 263 g/mol. The van der Waals surface area contributed by atoms with Gasteiger partial charge in [-0.05, 0) is 24.6 Å². The molecule has 0 aromatic heterocycles. The second-order valence-electron chi connectivity index (χ2n) is 4.54. The van der Waals surface area contributed by atoms with Gasteiger partial charge in [0.05, 0.1) is 16.4 Å². The quantitative estimate of drug-likeness (QED) is 0.648. The lowest BCUT2D eigenvalue weighted by Gasteiger charge is -2.15. The van der Waals surface area contributed by atoms with Crippen molar-refractivity contribution in [1.82, 2.24) is 4.90 Å². The van der Waals surface area contributed by atoms with E-state index in [1.807, 2.05) is 12.1 Å². The molecular weight excluding hydrogens is 246 g/mol. The molecule has 1 heterocycles. The van der Waals surface area contributed by atoms with Crippen molar-refractivity contribution < 1.29 is 0 Å². The predicted molar refractivity (Wildman–Crippen MR) is 77.5 cm³/mol. The van der Waals surface area contributed by atoms with E-state index >= 15 is 0 Å². The van der Waals surface area contributed by atoms with Gasteiger partial charge in [-0.1, -0.05) is 36.7 Å². The molecule has 0 amide bonds. The summed E-state index contributed by atoms with van der Waals surface area (Å²) in [5.74, 6) is 0. The second-order valence-corrected chi connectivity index (χ2v) is 4.95. The molecule has 4 heteroatoms. The molecule has 0 fully saturated rings. The molecule has 1 aromatic carbocycles. The third kappa shape index (κ3) is 2.57. The maximum Gasteiger partial charge on any atom is 0.0675 e. The lowest BCUT2D eigenvalue weighted by molar-refractivity contribution is 0.351. The largest absolute Gasteiger partial charge is 0.397 e. The first-order valence-corrected chi connectivity index (χ1v) is 6.56. The fraction of sp³-hybridized carbons (Fsp3) is 0.357. The Balaban J connectivity index is 2.16. The van der Waals surface area contributed by atoms with Gasteiger partial charge in [-0.25, -0.2) is 0 Å². The Kier molecular flexibility index (Phi) is 4.04. The Labute approximate surface area is 113 Å². The fourth-order valence-corrected chi connectivity index (χ4v) is 2.38. The predicted octanol–water partition coefficient (Wildman–Crippen LogP) is 2.94. The van der Waals surface area contributed by atoms with Crippen LogP contribution in [0.25, 0.3) is 0 Å². The van der Waals surface area contributed by atoms with Crippen molar-refractivity contribution in [2.75, 3.05) is 25.4 Å². The number of nitrogens with one attached hydrogen (secondary N) is 1. The molecule has 0 bridgehead atoms. The van der Waals surface area contributed by atoms with Crippen LogP contribution in [-0.4, -0.2) is 30.2 Å². The lowest BCUT2D eigenvalue weighted by Crippen LogP contribution is -2.23. The Morgan fingerprint density at radius 3 is 3.00 bits per heavy atom. The Morgan fingerprint density at radius 1 is 1.50 bits per heavy atom. The number of para-hydroxylation sites is 1. The van der Waals surface area contributed by atoms with Gasteiger partial charge in [-0.2, -0.15) is 0 Å². The van der Waals surface area contributed by atoms with Gasteiger partial charge in [0.1, 0.15) is 0 Å². The van der Waals surface area contributed by atoms with Gasteiger partial charge >= 0.3 is 0 Å². The summed E-state index contributed by atoms with van der Waals surface area (Å²) in [7, 11) is 0. The summed E-state index contributed by atoms with van der Waals surface area (Å²) in [6, 6.07) is 5.44. The van der Waals surface area contributed by atoms with E-state index in [1.165, 1.54) is 0 Å². The molecule has 0 atom stereocenters. The lowest BCUT2D eigenvalue weighted by atomic mass is 10.0. The zero-order chi connectivity index (χ0) is 13.1. The van der Waals surface area contributed by atoms with Crippen molar-refractivity contribution in [3.05, 3.63) is 40.4 Å². The first-order chi connectivity index (χ1) is 8.63. The fourth-order valence-electron chi connectivity index (χ4n) is 2.20. The summed E-state index contributed by atoms with van der Waals surface area (Å²) in [5.41, 5.74) is 8.69. The van der Waals surface area contributed by atoms with Crippen LogP contribution in [0.3, 0.4) is 0 Å². The minimum Gasteiger partial charge on any atom is -0.397 e. The van der Waals surface area contributed by atoms with Crippen LogP contribution < -0.4 is 5.73 Å². The number of hydrogen-bond acceptors (Lipinski definition) is 3. The van der Waals surface area contributed by atoms with Crippen LogP contribution in [0.4, 0.5) is 5.69 Å². The molecule has 18 heavy (non-hydrogen) atoms. The molecule has 1 aliphatic rings. The maximum atomic E-state index is 8.25. The zero-order valence-corrected chi connectivity index (χ0v) is 11.3. The Bertz CT molecular complexity index is 494. The standard InChI is InChI=1S/C14H18ClN3/c1-2-7-18-8-6-10(9-18)13(16)11-4-3-5-12(15)14(11)17/h3-6,16H,2,7-9,17H2,1H3. The molecule has 1 aliphatic heterocycles. The number of rotatable bonds is 4. The third-order valence-electron chi connectivity index (χ3n) is 3.17. The van der Waals surface area contributed by atoms with Crippen molar-refractivity contribution >= 4 is 23.0 Å². The van der Waals surface area contributed by atoms with Gasteiger partial charge in [0.15, 0.2) is 0 Å². The van der Waals surface area contributed by atoms with Gasteiger partial charge in [0, 0.05) is 18.7 Å². The van der Waals surface area contributed by atoms with Crippen molar-refractivity contribution in [1.29, 1.82) is 5.41 Å². The molecule has 3 N–H and O–H groups in total. The molecule has 1 aromatic rings. The van der Waals surface area contributed by atoms with Gasteiger partial charge in [0.25, 0.3) is 0 Å². The van der Waals surface area contributed by atoms with Crippen molar-refractivity contribution in [3.8, 4) is 0 Å². The molecule has 0 aliphatic carbocycles. The van der Waals surface area contributed by atoms with Crippen molar-refractivity contribution in [2.24, 2.45) is 0 Å². The summed E-state index contributed by atoms with van der Waals surface area (Å²) < 4.78 is 0. The molecular formula is C14H18ClN3. The number of hydrogen-bond donors (Lipinski definition) is 2. The topological polar surface area (TPSA) is 53.1 Å². The maximum absolute atomic E-state index is 8.25. The van der Waals surface area contributed by atoms with Crippen LogP contribution in [0.15, 0.2) is 29.8 Å². The normalized spacial score (nSPS) is 15.8. The molecule has 0 saturated heterocycles. The molecule has 96 valence electrons. The van der Waals surface area contributed by atoms with Gasteiger partial charge < -0.3 is 5.73 Å². The number of nitrogens with two attached hydrogens (primary N) is 1. The van der Waals surface area contributed by atoms with Crippen LogP contribution in [-0.2, 0) is 0 Å². The number of halogens is 1. The van der Waals surface area contributed by atoms with Gasteiger partial charge in [-0.3, -0.25) is 10.3 Å². The Morgan fingerprint density at radius 2 is 2.28 bits per heavy atom. The highest BCUT2D eigenvalue weighted by atomic mass is 35.5. The smallest absolute Gasteiger partial charge is 0.0675 e. The third-order valence-corrected chi connectivity index (χ3v) is 3.50. The van der Waals surface area contributed by atoms with Gasteiger partial charge in [-0.15, -0.1) is 0 Å². The van der Waals surface area contributed by atoms with Crippen molar-refractivity contribution in [3.63, 3.8) is 0 Å². The summed E-state index contributed by atoms with van der Waals surface area (Å²) >= 11 is 5.99. The van der Waals surface area contributed by atoms with E-state index in [0.29, 0.717) is 16.4 Å². The van der Waals surface area contributed by atoms with E-state index in [0.717, 1.165) is 37.2 Å². The summed E-state index contributed by atoms with van der Waals surface area (Å²) in [6.07, 6.45) is 3.24. The van der Waals surface area contributed by atoms with E-state index in [4.69, 9.17) is 22.7 Å². The van der Waals surface area contributed by atoms with Gasteiger partial charge in [0.2, 0.25) is 0 Å². The van der Waals surface area contributed by atoms with E-state index in [2.05, 4.69) is 17.9 Å². The highest BCUT2D eigenvalue weighted by Crippen LogP contribution is 2.25. The number of anilines is 1. The average Bonchev–Trinajstić information content (AvgIpc) is 2.81. The number of benzene rings is 1. The van der Waals surface area contributed by atoms with E-state index in [-0.39, 0.29) is 0 Å². The molecule has 0 saturated carbocycles. The van der Waals surface area contributed by atoms with E-state index in [9.17, 15) is 0 Å². The summed E-state index contributed by atoms with van der Waals surface area (Å²) in [4.78, 5) is 2.32. The van der Waals surface area contributed by atoms with E-state index < -0.39 is 0 Å². The second kappa shape index (κ2) is 5.55. The molecule has 0 unspecified atom stereocenters. The van der Waals surface area contributed by atoms with Crippen LogP contribution in [0.5, 0.6) is 0 Å². The number of nitrogens with zero attached hydrogens (tertiary/aromatic N) is 1. The minimum absolute atomic E-state index is 0.494. The molecule has 3 nitrogen and oxygen atoms in total. The molecule has 2 rings (SSSR count). The first-order valence-electron chi connectivity index (χ1n) is 6.18. The van der Waals surface area contributed by atoms with Crippen LogP contribution >= 0.6 is 11.6 Å².